The number of rotatable bonds is 13. The average molecular weight is 807 g/mol. The quantitative estimate of drug-likeness (QED) is 0.0606. The van der Waals surface area contributed by atoms with Crippen LogP contribution in [0.25, 0.3) is 6.08 Å². The molecule has 1 atom stereocenters. The highest BCUT2D eigenvalue weighted by Crippen LogP contribution is 2.41. The first kappa shape index (κ1) is 39.9. The monoisotopic (exact) mass is 806 g/mol. The maximum Gasteiger partial charge on any atom is 0.341 e. The van der Waals surface area contributed by atoms with Gasteiger partial charge in [0.1, 0.15) is 15.9 Å². The first-order chi connectivity index (χ1) is 28.2. The Labute approximate surface area is 346 Å². The van der Waals surface area contributed by atoms with Gasteiger partial charge in [-0.25, -0.2) is 4.79 Å². The molecule has 0 spiro atoms. The number of nitrogens with one attached hydrogen (secondary N) is 3. The molecule has 0 saturated carbocycles. The van der Waals surface area contributed by atoms with Crippen molar-refractivity contribution in [1.29, 1.82) is 0 Å². The molecule has 1 aliphatic heterocycles. The van der Waals surface area contributed by atoms with E-state index in [0.717, 1.165) is 45.1 Å². The number of anilines is 2. The summed E-state index contributed by atoms with van der Waals surface area (Å²) in [4.78, 5) is 58.7. The van der Waals surface area contributed by atoms with E-state index in [1.807, 2.05) is 91.9 Å². The first-order valence-electron chi connectivity index (χ1n) is 18.8. The van der Waals surface area contributed by atoms with Gasteiger partial charge in [-0.05, 0) is 72.0 Å². The number of amides is 3. The zero-order valence-corrected chi connectivity index (χ0v) is 33.7. The van der Waals surface area contributed by atoms with Crippen LogP contribution in [-0.2, 0) is 33.8 Å². The molecule has 0 radical (unpaired) electrons. The third-order valence-electron chi connectivity index (χ3n) is 9.61. The number of ether oxygens (including phenoxy) is 1. The van der Waals surface area contributed by atoms with Crippen molar-refractivity contribution in [2.45, 2.75) is 36.6 Å². The standard InChI is InChI=1S/C47H42N4O5S2/c1-31-21-23-32(24-22-31)27-39(49-43(52)35-17-10-5-11-18-35)44(53)48-36-19-12-20-37(28-36)57-42(34-15-8-4-9-16-34)45(54)50-46-41(47(55)56-2)38-25-26-51(30-40(38)58-46)29-33-13-6-3-7-14-33/h3-24,27-28,42H,25-26,29-30H2,1-2H3,(H,48,53)(H,49,52)(H,50,54)/b39-27+. The van der Waals surface area contributed by atoms with Crippen LogP contribution in [0.2, 0.25) is 0 Å². The maximum atomic E-state index is 14.4. The number of thioether (sulfide) groups is 1. The molecular weight excluding hydrogens is 765 g/mol. The predicted octanol–water partition coefficient (Wildman–Crippen LogP) is 9.28. The number of methoxy groups -OCH3 is 1. The van der Waals surface area contributed by atoms with Crippen molar-refractivity contribution in [2.24, 2.45) is 0 Å². The van der Waals surface area contributed by atoms with Gasteiger partial charge in [-0.1, -0.05) is 115 Å². The number of esters is 1. The number of hydrogen-bond acceptors (Lipinski definition) is 8. The summed E-state index contributed by atoms with van der Waals surface area (Å²) < 4.78 is 5.23. The molecule has 0 aliphatic carbocycles. The van der Waals surface area contributed by atoms with Crippen LogP contribution in [0.1, 0.15) is 58.7 Å². The van der Waals surface area contributed by atoms with E-state index < -0.39 is 23.0 Å². The second kappa shape index (κ2) is 18.8. The molecule has 2 heterocycles. The molecule has 3 amide bonds. The summed E-state index contributed by atoms with van der Waals surface area (Å²) in [6.07, 6.45) is 2.29. The smallest absolute Gasteiger partial charge is 0.341 e. The van der Waals surface area contributed by atoms with Crippen LogP contribution in [0.5, 0.6) is 0 Å². The van der Waals surface area contributed by atoms with E-state index in [1.165, 1.54) is 35.8 Å². The van der Waals surface area contributed by atoms with E-state index >= 15 is 0 Å². The SMILES string of the molecule is COC(=O)c1c(NC(=O)C(Sc2cccc(NC(=O)/C(=C\c3ccc(C)cc3)NC(=O)c3ccccc3)c2)c2ccccc2)sc2c1CCN(Cc1ccccc1)C2. The fourth-order valence-electron chi connectivity index (χ4n) is 6.67. The lowest BCUT2D eigenvalue weighted by atomic mass is 10.0. The second-order valence-electron chi connectivity index (χ2n) is 13.8. The van der Waals surface area contributed by atoms with Gasteiger partial charge in [0.15, 0.2) is 0 Å². The number of thiophene rings is 1. The summed E-state index contributed by atoms with van der Waals surface area (Å²) in [6.45, 7) is 4.19. The Bertz CT molecular complexity index is 2430. The largest absolute Gasteiger partial charge is 0.465 e. The molecule has 6 aromatic rings. The zero-order valence-electron chi connectivity index (χ0n) is 32.1. The molecule has 58 heavy (non-hydrogen) atoms. The van der Waals surface area contributed by atoms with Gasteiger partial charge in [-0.3, -0.25) is 19.3 Å². The molecule has 5 aromatic carbocycles. The van der Waals surface area contributed by atoms with Crippen LogP contribution in [0.15, 0.2) is 150 Å². The number of carbonyl (C=O) groups is 4. The van der Waals surface area contributed by atoms with Gasteiger partial charge in [0.05, 0.1) is 12.7 Å². The van der Waals surface area contributed by atoms with E-state index in [1.54, 1.807) is 48.5 Å². The summed E-state index contributed by atoms with van der Waals surface area (Å²) in [5.41, 5.74) is 6.08. The minimum Gasteiger partial charge on any atom is -0.465 e. The van der Waals surface area contributed by atoms with Gasteiger partial charge in [0.25, 0.3) is 11.8 Å². The topological polar surface area (TPSA) is 117 Å². The molecule has 9 nitrogen and oxygen atoms in total. The van der Waals surface area contributed by atoms with E-state index in [9.17, 15) is 19.2 Å². The molecule has 0 fully saturated rings. The summed E-state index contributed by atoms with van der Waals surface area (Å²) in [6, 6.07) is 43.2. The fraction of sp³-hybridized carbons (Fsp3) is 0.149. The number of carbonyl (C=O) groups excluding carboxylic acids is 4. The zero-order chi connectivity index (χ0) is 40.4. The van der Waals surface area contributed by atoms with E-state index in [-0.39, 0.29) is 11.6 Å². The number of benzene rings is 5. The molecular formula is C47H42N4O5S2. The number of aryl methyl sites for hydroxylation is 1. The van der Waals surface area contributed by atoms with E-state index in [0.29, 0.717) is 34.8 Å². The van der Waals surface area contributed by atoms with Crippen molar-refractivity contribution < 1.29 is 23.9 Å². The van der Waals surface area contributed by atoms with Gasteiger partial charge in [0, 0.05) is 40.7 Å². The molecule has 292 valence electrons. The van der Waals surface area contributed by atoms with Crippen LogP contribution in [0.3, 0.4) is 0 Å². The highest BCUT2D eigenvalue weighted by atomic mass is 32.2. The van der Waals surface area contributed by atoms with Gasteiger partial charge in [-0.2, -0.15) is 0 Å². The Morgan fingerprint density at radius 2 is 1.52 bits per heavy atom. The Hall–Kier alpha value is -6.27. The van der Waals surface area contributed by atoms with Crippen molar-refractivity contribution in [2.75, 3.05) is 24.3 Å². The van der Waals surface area contributed by atoms with Crippen molar-refractivity contribution in [3.05, 3.63) is 189 Å². The third kappa shape index (κ3) is 9.99. The Kier molecular flexibility index (Phi) is 12.9. The molecule has 0 bridgehead atoms. The lowest BCUT2D eigenvalue weighted by Crippen LogP contribution is -2.30. The Morgan fingerprint density at radius 1 is 0.828 bits per heavy atom. The summed E-state index contributed by atoms with van der Waals surface area (Å²) in [5, 5.41) is 8.59. The van der Waals surface area contributed by atoms with Crippen LogP contribution >= 0.6 is 23.1 Å². The second-order valence-corrected chi connectivity index (χ2v) is 16.1. The van der Waals surface area contributed by atoms with Crippen molar-refractivity contribution in [3.8, 4) is 0 Å². The van der Waals surface area contributed by atoms with Crippen molar-refractivity contribution in [3.63, 3.8) is 0 Å². The molecule has 3 N–H and O–H groups in total. The predicted molar refractivity (Wildman–Crippen MR) is 232 cm³/mol. The maximum absolute atomic E-state index is 14.4. The molecule has 7 rings (SSSR count). The summed E-state index contributed by atoms with van der Waals surface area (Å²) >= 11 is 2.74. The van der Waals surface area contributed by atoms with Gasteiger partial charge >= 0.3 is 5.97 Å². The molecule has 1 aromatic heterocycles. The van der Waals surface area contributed by atoms with Gasteiger partial charge in [0.2, 0.25) is 5.91 Å². The summed E-state index contributed by atoms with van der Waals surface area (Å²) in [5.74, 6) is -1.71. The van der Waals surface area contributed by atoms with Gasteiger partial charge < -0.3 is 20.7 Å². The lowest BCUT2D eigenvalue weighted by molar-refractivity contribution is -0.116. The molecule has 1 aliphatic rings. The van der Waals surface area contributed by atoms with Gasteiger partial charge in [-0.15, -0.1) is 23.1 Å². The Morgan fingerprint density at radius 3 is 2.22 bits per heavy atom. The van der Waals surface area contributed by atoms with Crippen LogP contribution < -0.4 is 16.0 Å². The number of fused-ring (bicyclic) bond motifs is 1. The van der Waals surface area contributed by atoms with Crippen LogP contribution in [-0.4, -0.2) is 42.2 Å². The summed E-state index contributed by atoms with van der Waals surface area (Å²) in [7, 11) is 1.36. The number of hydrogen-bond donors (Lipinski definition) is 3. The minimum atomic E-state index is -0.714. The number of nitrogens with zero attached hydrogens (tertiary/aromatic N) is 1. The van der Waals surface area contributed by atoms with Crippen LogP contribution in [0.4, 0.5) is 10.7 Å². The average Bonchev–Trinajstić information content (AvgIpc) is 3.60. The molecule has 1 unspecified atom stereocenters. The Balaban J connectivity index is 1.11. The highest BCUT2D eigenvalue weighted by Gasteiger charge is 2.31. The highest BCUT2D eigenvalue weighted by molar-refractivity contribution is 8.00. The van der Waals surface area contributed by atoms with Crippen LogP contribution in [0, 0.1) is 6.92 Å². The normalized spacial score (nSPS) is 13.2. The van der Waals surface area contributed by atoms with Crippen molar-refractivity contribution in [1.82, 2.24) is 10.2 Å². The first-order valence-corrected chi connectivity index (χ1v) is 20.5. The third-order valence-corrected chi connectivity index (χ3v) is 12.0. The lowest BCUT2D eigenvalue weighted by Gasteiger charge is -2.27. The fourth-order valence-corrected chi connectivity index (χ4v) is 9.04. The van der Waals surface area contributed by atoms with E-state index in [4.69, 9.17) is 4.74 Å². The van der Waals surface area contributed by atoms with E-state index in [2.05, 4.69) is 33.0 Å². The molecule has 0 saturated heterocycles. The van der Waals surface area contributed by atoms with Crippen molar-refractivity contribution >= 4 is 63.6 Å². The minimum absolute atomic E-state index is 0.0699. The molecule has 11 heteroatoms.